The molecule has 0 aliphatic heterocycles. The summed E-state index contributed by atoms with van der Waals surface area (Å²) >= 11 is 8.44. The predicted molar refractivity (Wildman–Crippen MR) is 161 cm³/mol. The molecule has 3 aromatic heterocycles. The van der Waals surface area contributed by atoms with Crippen molar-refractivity contribution >= 4 is 65.0 Å². The third-order valence-electron chi connectivity index (χ3n) is 7.03. The molecule has 39 heavy (non-hydrogen) atoms. The SMILES string of the molecule is Clc1ccc(-c2nc(-c3ccccc3)nc(-c3cccc4c3oc3ccccc34)n2)c2sc3ccccc3c12. The van der Waals surface area contributed by atoms with Crippen molar-refractivity contribution in [2.75, 3.05) is 0 Å². The van der Waals surface area contributed by atoms with E-state index in [-0.39, 0.29) is 0 Å². The predicted octanol–water partition coefficient (Wildman–Crippen LogP) is 9.79. The van der Waals surface area contributed by atoms with Gasteiger partial charge in [0.2, 0.25) is 0 Å². The smallest absolute Gasteiger partial charge is 0.167 e. The molecule has 0 N–H and O–H groups in total. The molecule has 0 atom stereocenters. The molecule has 8 aromatic rings. The molecule has 0 unspecified atom stereocenters. The first-order chi connectivity index (χ1) is 19.2. The Balaban J connectivity index is 1.44. The van der Waals surface area contributed by atoms with Crippen molar-refractivity contribution in [1.29, 1.82) is 0 Å². The van der Waals surface area contributed by atoms with Crippen molar-refractivity contribution in [3.05, 3.63) is 114 Å². The zero-order valence-electron chi connectivity index (χ0n) is 20.4. The topological polar surface area (TPSA) is 51.8 Å². The van der Waals surface area contributed by atoms with Crippen LogP contribution in [0.5, 0.6) is 0 Å². The summed E-state index contributed by atoms with van der Waals surface area (Å²) in [6, 6.07) is 36.4. The van der Waals surface area contributed by atoms with E-state index < -0.39 is 0 Å². The number of rotatable bonds is 3. The Kier molecular flexibility index (Phi) is 5.02. The molecule has 0 fully saturated rings. The Morgan fingerprint density at radius 3 is 2.13 bits per heavy atom. The second-order valence-corrected chi connectivity index (χ2v) is 10.8. The van der Waals surface area contributed by atoms with Gasteiger partial charge >= 0.3 is 0 Å². The van der Waals surface area contributed by atoms with Gasteiger partial charge < -0.3 is 4.42 Å². The number of thiophene rings is 1. The van der Waals surface area contributed by atoms with Gasteiger partial charge in [0.1, 0.15) is 11.2 Å². The highest BCUT2D eigenvalue weighted by molar-refractivity contribution is 7.26. The van der Waals surface area contributed by atoms with Crippen molar-refractivity contribution in [2.45, 2.75) is 0 Å². The van der Waals surface area contributed by atoms with Gasteiger partial charge in [-0.3, -0.25) is 0 Å². The lowest BCUT2D eigenvalue weighted by atomic mass is 10.1. The van der Waals surface area contributed by atoms with Crippen LogP contribution in [0.1, 0.15) is 0 Å². The lowest BCUT2D eigenvalue weighted by molar-refractivity contribution is 0.669. The number of hydrogen-bond donors (Lipinski definition) is 0. The normalized spacial score (nSPS) is 11.7. The number of nitrogens with zero attached hydrogens (tertiary/aromatic N) is 3. The van der Waals surface area contributed by atoms with Crippen molar-refractivity contribution in [3.63, 3.8) is 0 Å². The van der Waals surface area contributed by atoms with Crippen molar-refractivity contribution < 1.29 is 4.42 Å². The molecular weight excluding hydrogens is 522 g/mol. The minimum Gasteiger partial charge on any atom is -0.455 e. The molecule has 6 heteroatoms. The number of para-hydroxylation sites is 2. The first-order valence-corrected chi connectivity index (χ1v) is 13.8. The monoisotopic (exact) mass is 539 g/mol. The van der Waals surface area contributed by atoms with E-state index in [1.165, 1.54) is 4.70 Å². The molecule has 0 aliphatic carbocycles. The van der Waals surface area contributed by atoms with Gasteiger partial charge in [0, 0.05) is 47.1 Å². The number of fused-ring (bicyclic) bond motifs is 6. The van der Waals surface area contributed by atoms with Gasteiger partial charge in [-0.1, -0.05) is 90.5 Å². The molecule has 0 amide bonds. The third-order valence-corrected chi connectivity index (χ3v) is 8.55. The highest BCUT2D eigenvalue weighted by Crippen LogP contribution is 2.43. The molecule has 0 aliphatic rings. The Morgan fingerprint density at radius 2 is 1.26 bits per heavy atom. The maximum atomic E-state index is 6.74. The lowest BCUT2D eigenvalue weighted by Gasteiger charge is -2.10. The van der Waals surface area contributed by atoms with Gasteiger partial charge in [0.05, 0.1) is 5.56 Å². The van der Waals surface area contributed by atoms with Crippen molar-refractivity contribution in [1.82, 2.24) is 15.0 Å². The minimum atomic E-state index is 0.563. The Hall–Kier alpha value is -4.58. The summed E-state index contributed by atoms with van der Waals surface area (Å²) in [6.07, 6.45) is 0. The van der Waals surface area contributed by atoms with E-state index in [9.17, 15) is 0 Å². The second kappa shape index (κ2) is 8.73. The molecule has 8 rings (SSSR count). The number of furan rings is 1. The number of benzene rings is 5. The van der Waals surface area contributed by atoms with E-state index in [0.29, 0.717) is 17.5 Å². The maximum absolute atomic E-state index is 6.74. The standard InChI is InChI=1S/C33H18ClN3OS/c34-25-18-17-24(30-28(25)22-12-5-7-16-27(22)39-30)33-36-31(19-9-2-1-3-10-19)35-32(37-33)23-14-8-13-21-20-11-4-6-15-26(20)38-29(21)23/h1-18H. The van der Waals surface area contributed by atoms with Crippen molar-refractivity contribution in [3.8, 4) is 34.2 Å². The number of aromatic nitrogens is 3. The molecule has 0 saturated heterocycles. The molecule has 4 nitrogen and oxygen atoms in total. The summed E-state index contributed by atoms with van der Waals surface area (Å²) in [7, 11) is 0. The minimum absolute atomic E-state index is 0.563. The Labute approximate surface area is 232 Å². The first kappa shape index (κ1) is 22.4. The van der Waals surface area contributed by atoms with Crippen LogP contribution < -0.4 is 0 Å². The summed E-state index contributed by atoms with van der Waals surface area (Å²) in [4.78, 5) is 15.0. The van der Waals surface area contributed by atoms with Crippen LogP contribution in [0, 0.1) is 0 Å². The first-order valence-electron chi connectivity index (χ1n) is 12.6. The average molecular weight is 540 g/mol. The quantitative estimate of drug-likeness (QED) is 0.224. The van der Waals surface area contributed by atoms with E-state index in [2.05, 4.69) is 24.3 Å². The van der Waals surface area contributed by atoms with Gasteiger partial charge in [-0.2, -0.15) is 0 Å². The van der Waals surface area contributed by atoms with Crippen LogP contribution in [-0.4, -0.2) is 15.0 Å². The maximum Gasteiger partial charge on any atom is 0.167 e. The van der Waals surface area contributed by atoms with Gasteiger partial charge in [-0.15, -0.1) is 11.3 Å². The zero-order chi connectivity index (χ0) is 25.9. The van der Waals surface area contributed by atoms with Crippen LogP contribution in [0.2, 0.25) is 5.02 Å². The third kappa shape index (κ3) is 3.55. The molecular formula is C33H18ClN3OS. The second-order valence-electron chi connectivity index (χ2n) is 9.35. The average Bonchev–Trinajstić information content (AvgIpc) is 3.57. The number of halogens is 1. The van der Waals surface area contributed by atoms with E-state index in [0.717, 1.165) is 59.1 Å². The Bertz CT molecular complexity index is 2200. The van der Waals surface area contributed by atoms with Crippen LogP contribution in [-0.2, 0) is 0 Å². The summed E-state index contributed by atoms with van der Waals surface area (Å²) in [5.74, 6) is 1.76. The van der Waals surface area contributed by atoms with Gasteiger partial charge in [0.15, 0.2) is 17.5 Å². The summed E-state index contributed by atoms with van der Waals surface area (Å²) in [6.45, 7) is 0. The lowest BCUT2D eigenvalue weighted by Crippen LogP contribution is -2.00. The van der Waals surface area contributed by atoms with Gasteiger partial charge in [0.25, 0.3) is 0 Å². The van der Waals surface area contributed by atoms with E-state index in [4.69, 9.17) is 31.0 Å². The van der Waals surface area contributed by atoms with Crippen LogP contribution in [0.4, 0.5) is 0 Å². The largest absolute Gasteiger partial charge is 0.455 e. The van der Waals surface area contributed by atoms with Gasteiger partial charge in [-0.25, -0.2) is 15.0 Å². The van der Waals surface area contributed by atoms with Crippen LogP contribution >= 0.6 is 22.9 Å². The number of hydrogen-bond acceptors (Lipinski definition) is 5. The summed E-state index contributed by atoms with van der Waals surface area (Å²) in [5.41, 5.74) is 4.26. The van der Waals surface area contributed by atoms with E-state index >= 15 is 0 Å². The fraction of sp³-hybridized carbons (Fsp3) is 0. The molecule has 0 bridgehead atoms. The molecule has 0 radical (unpaired) electrons. The summed E-state index contributed by atoms with van der Waals surface area (Å²) in [5, 5.41) is 4.98. The summed E-state index contributed by atoms with van der Waals surface area (Å²) < 4.78 is 8.57. The van der Waals surface area contributed by atoms with E-state index in [1.807, 2.05) is 84.9 Å². The fourth-order valence-electron chi connectivity index (χ4n) is 5.22. The molecule has 0 saturated carbocycles. The van der Waals surface area contributed by atoms with Crippen LogP contribution in [0.25, 0.3) is 76.3 Å². The zero-order valence-corrected chi connectivity index (χ0v) is 22.0. The molecule has 5 aromatic carbocycles. The Morgan fingerprint density at radius 1 is 0.564 bits per heavy atom. The van der Waals surface area contributed by atoms with Crippen LogP contribution in [0.15, 0.2) is 114 Å². The highest BCUT2D eigenvalue weighted by Gasteiger charge is 2.20. The van der Waals surface area contributed by atoms with Crippen molar-refractivity contribution in [2.24, 2.45) is 0 Å². The van der Waals surface area contributed by atoms with Crippen LogP contribution in [0.3, 0.4) is 0 Å². The highest BCUT2D eigenvalue weighted by atomic mass is 35.5. The van der Waals surface area contributed by atoms with Gasteiger partial charge in [-0.05, 0) is 30.3 Å². The molecule has 0 spiro atoms. The molecule has 3 heterocycles. The fourth-order valence-corrected chi connectivity index (χ4v) is 6.77. The molecule has 184 valence electrons. The van der Waals surface area contributed by atoms with E-state index in [1.54, 1.807) is 11.3 Å².